The van der Waals surface area contributed by atoms with Gasteiger partial charge in [0.15, 0.2) is 11.6 Å². The Balaban J connectivity index is 1.87. The van der Waals surface area contributed by atoms with E-state index in [1.807, 2.05) is 36.9 Å². The summed E-state index contributed by atoms with van der Waals surface area (Å²) in [6.07, 6.45) is 1.88. The average Bonchev–Trinajstić information content (AvgIpc) is 3.24. The highest BCUT2D eigenvalue weighted by Crippen LogP contribution is 2.37. The van der Waals surface area contributed by atoms with E-state index in [2.05, 4.69) is 0 Å². The van der Waals surface area contributed by atoms with Crippen LogP contribution in [-0.4, -0.2) is 29.8 Å². The zero-order chi connectivity index (χ0) is 20.0. The summed E-state index contributed by atoms with van der Waals surface area (Å²) in [5.74, 6) is -3.12. The number of halogens is 2. The lowest BCUT2D eigenvalue weighted by atomic mass is 9.97. The maximum atomic E-state index is 13.8. The van der Waals surface area contributed by atoms with Crippen molar-refractivity contribution in [2.75, 3.05) is 18.0 Å². The number of hydrogen-bond donors (Lipinski definition) is 0. The molecule has 2 aliphatic rings. The Morgan fingerprint density at radius 3 is 2.21 bits per heavy atom. The third-order valence-corrected chi connectivity index (χ3v) is 5.29. The van der Waals surface area contributed by atoms with E-state index >= 15 is 0 Å². The minimum Gasteiger partial charge on any atom is -0.366 e. The van der Waals surface area contributed by atoms with E-state index in [1.54, 1.807) is 0 Å². The van der Waals surface area contributed by atoms with Gasteiger partial charge >= 0.3 is 0 Å². The summed E-state index contributed by atoms with van der Waals surface area (Å²) < 4.78 is 27.1. The van der Waals surface area contributed by atoms with Crippen LogP contribution in [0.5, 0.6) is 0 Å². The summed E-state index contributed by atoms with van der Waals surface area (Å²) in [5.41, 5.74) is 3.34. The molecule has 2 aromatic carbocycles. The van der Waals surface area contributed by atoms with Gasteiger partial charge in [-0.1, -0.05) is 23.8 Å². The third kappa shape index (κ3) is 2.89. The fourth-order valence-corrected chi connectivity index (χ4v) is 3.95. The van der Waals surface area contributed by atoms with Crippen LogP contribution in [0.2, 0.25) is 0 Å². The van der Waals surface area contributed by atoms with Crippen molar-refractivity contribution in [3.8, 4) is 0 Å². The molecule has 1 saturated heterocycles. The van der Waals surface area contributed by atoms with Crippen LogP contribution in [0.1, 0.15) is 29.5 Å². The molecule has 0 aliphatic carbocycles. The van der Waals surface area contributed by atoms with Crippen molar-refractivity contribution < 1.29 is 18.4 Å². The van der Waals surface area contributed by atoms with Gasteiger partial charge in [0.05, 0.1) is 11.3 Å². The van der Waals surface area contributed by atoms with Crippen molar-refractivity contribution in [1.82, 2.24) is 4.90 Å². The van der Waals surface area contributed by atoms with Crippen LogP contribution in [0.3, 0.4) is 0 Å². The first-order valence-corrected chi connectivity index (χ1v) is 9.29. The molecule has 4 rings (SSSR count). The van der Waals surface area contributed by atoms with Gasteiger partial charge in [-0.3, -0.25) is 9.59 Å². The number of hydrogen-bond acceptors (Lipinski definition) is 3. The molecule has 144 valence electrons. The van der Waals surface area contributed by atoms with Gasteiger partial charge in [0.25, 0.3) is 11.8 Å². The van der Waals surface area contributed by atoms with E-state index in [0.29, 0.717) is 29.9 Å². The first-order valence-electron chi connectivity index (χ1n) is 9.29. The van der Waals surface area contributed by atoms with Gasteiger partial charge in [0.1, 0.15) is 5.70 Å². The molecule has 0 atom stereocenters. The lowest BCUT2D eigenvalue weighted by Crippen LogP contribution is -2.34. The zero-order valence-electron chi connectivity index (χ0n) is 15.8. The molecule has 2 heterocycles. The Morgan fingerprint density at radius 1 is 0.857 bits per heavy atom. The quantitative estimate of drug-likeness (QED) is 0.755. The summed E-state index contributed by atoms with van der Waals surface area (Å²) >= 11 is 0. The number of imide groups is 1. The Hall–Kier alpha value is -3.02. The third-order valence-electron chi connectivity index (χ3n) is 5.29. The van der Waals surface area contributed by atoms with Crippen molar-refractivity contribution in [3.05, 3.63) is 70.4 Å². The lowest BCUT2D eigenvalue weighted by Gasteiger charge is -2.20. The second-order valence-electron chi connectivity index (χ2n) is 7.28. The molecule has 0 N–H and O–H groups in total. The van der Waals surface area contributed by atoms with E-state index < -0.39 is 23.4 Å². The van der Waals surface area contributed by atoms with E-state index in [0.717, 1.165) is 41.0 Å². The topological polar surface area (TPSA) is 40.6 Å². The van der Waals surface area contributed by atoms with E-state index in [9.17, 15) is 18.4 Å². The van der Waals surface area contributed by atoms with Crippen molar-refractivity contribution in [2.45, 2.75) is 26.7 Å². The summed E-state index contributed by atoms with van der Waals surface area (Å²) in [6.45, 7) is 5.24. The first-order chi connectivity index (χ1) is 13.4. The van der Waals surface area contributed by atoms with Gasteiger partial charge in [-0.05, 0) is 49.9 Å². The number of likely N-dealkylation sites (tertiary alicyclic amines) is 1. The molecule has 1 fully saturated rings. The van der Waals surface area contributed by atoms with Gasteiger partial charge < -0.3 is 4.90 Å². The molecule has 2 aromatic rings. The monoisotopic (exact) mass is 382 g/mol. The number of carbonyl (C=O) groups excluding carboxylic acids is 2. The standard InChI is InChI=1S/C22H20F2N2O2/c1-13-5-7-16(14(2)11-13)19-20(25-9-3-4-10-25)22(28)26(21(19)27)15-6-8-17(23)18(24)12-15/h5-8,11-12H,3-4,9-10H2,1-2H3. The SMILES string of the molecule is Cc1ccc(C2=C(N3CCCC3)C(=O)N(c3ccc(F)c(F)c3)C2=O)c(C)c1. The molecule has 0 spiro atoms. The summed E-state index contributed by atoms with van der Waals surface area (Å²) in [4.78, 5) is 29.4. The Bertz CT molecular complexity index is 1020. The predicted octanol–water partition coefficient (Wildman–Crippen LogP) is 3.96. The summed E-state index contributed by atoms with van der Waals surface area (Å²) in [5, 5.41) is 0. The number of anilines is 1. The molecule has 2 aliphatic heterocycles. The van der Waals surface area contributed by atoms with Gasteiger partial charge in [-0.15, -0.1) is 0 Å². The lowest BCUT2D eigenvalue weighted by molar-refractivity contribution is -0.120. The predicted molar refractivity (Wildman–Crippen MR) is 102 cm³/mol. The highest BCUT2D eigenvalue weighted by atomic mass is 19.2. The minimum atomic E-state index is -1.10. The number of benzene rings is 2. The molecule has 0 radical (unpaired) electrons. The fraction of sp³-hybridized carbons (Fsp3) is 0.273. The van der Waals surface area contributed by atoms with Crippen LogP contribution >= 0.6 is 0 Å². The summed E-state index contributed by atoms with van der Waals surface area (Å²) in [6, 6.07) is 8.77. The Morgan fingerprint density at radius 2 is 1.57 bits per heavy atom. The number of rotatable bonds is 3. The second-order valence-corrected chi connectivity index (χ2v) is 7.28. The normalized spacial score (nSPS) is 17.3. The average molecular weight is 382 g/mol. The molecule has 4 nitrogen and oxygen atoms in total. The molecule has 0 unspecified atom stereocenters. The number of carbonyl (C=O) groups is 2. The zero-order valence-corrected chi connectivity index (χ0v) is 15.8. The highest BCUT2D eigenvalue weighted by molar-refractivity contribution is 6.45. The largest absolute Gasteiger partial charge is 0.366 e. The Labute approximate surface area is 162 Å². The molecule has 28 heavy (non-hydrogen) atoms. The summed E-state index contributed by atoms with van der Waals surface area (Å²) in [7, 11) is 0. The molecule has 2 amide bonds. The number of aryl methyl sites for hydroxylation is 2. The van der Waals surface area contributed by atoms with Crippen LogP contribution in [-0.2, 0) is 9.59 Å². The van der Waals surface area contributed by atoms with Crippen molar-refractivity contribution in [3.63, 3.8) is 0 Å². The maximum absolute atomic E-state index is 13.8. The molecular weight excluding hydrogens is 362 g/mol. The minimum absolute atomic E-state index is 0.0327. The van der Waals surface area contributed by atoms with E-state index in [4.69, 9.17) is 0 Å². The first kappa shape index (κ1) is 18.3. The maximum Gasteiger partial charge on any atom is 0.282 e. The highest BCUT2D eigenvalue weighted by Gasteiger charge is 2.43. The van der Waals surface area contributed by atoms with Gasteiger partial charge in [0.2, 0.25) is 0 Å². The fourth-order valence-electron chi connectivity index (χ4n) is 3.95. The van der Waals surface area contributed by atoms with Crippen molar-refractivity contribution in [2.24, 2.45) is 0 Å². The number of nitrogens with zero attached hydrogens (tertiary/aromatic N) is 2. The second kappa shape index (κ2) is 6.86. The van der Waals surface area contributed by atoms with E-state index in [-0.39, 0.29) is 5.69 Å². The van der Waals surface area contributed by atoms with Crippen molar-refractivity contribution >= 4 is 23.1 Å². The van der Waals surface area contributed by atoms with Gasteiger partial charge in [-0.2, -0.15) is 0 Å². The van der Waals surface area contributed by atoms with Crippen LogP contribution in [0.25, 0.3) is 5.57 Å². The molecule has 0 bridgehead atoms. The molecular formula is C22H20F2N2O2. The Kier molecular flexibility index (Phi) is 4.49. The molecule has 0 saturated carbocycles. The van der Waals surface area contributed by atoms with Gasteiger partial charge in [-0.25, -0.2) is 13.7 Å². The van der Waals surface area contributed by atoms with E-state index in [1.165, 1.54) is 6.07 Å². The smallest absolute Gasteiger partial charge is 0.282 e. The van der Waals surface area contributed by atoms with Crippen molar-refractivity contribution in [1.29, 1.82) is 0 Å². The van der Waals surface area contributed by atoms with Gasteiger partial charge in [0, 0.05) is 19.2 Å². The molecule has 0 aromatic heterocycles. The van der Waals surface area contributed by atoms with Crippen LogP contribution in [0.4, 0.5) is 14.5 Å². The number of amides is 2. The van der Waals surface area contributed by atoms with Crippen LogP contribution in [0, 0.1) is 25.5 Å². The van der Waals surface area contributed by atoms with Crippen LogP contribution < -0.4 is 4.90 Å². The van der Waals surface area contributed by atoms with Crippen LogP contribution in [0.15, 0.2) is 42.1 Å². The molecule has 6 heteroatoms.